The van der Waals surface area contributed by atoms with E-state index in [0.717, 1.165) is 11.1 Å². The van der Waals surface area contributed by atoms with Gasteiger partial charge in [-0.15, -0.1) is 0 Å². The molecule has 23 heavy (non-hydrogen) atoms. The molecule has 5 nitrogen and oxygen atoms in total. The minimum absolute atomic E-state index is 0.286. The first-order valence-corrected chi connectivity index (χ1v) is 8.82. The number of nitrogens with zero attached hydrogens (tertiary/aromatic N) is 1. The lowest BCUT2D eigenvalue weighted by molar-refractivity contribution is 0.272. The summed E-state index contributed by atoms with van der Waals surface area (Å²) in [6.07, 6.45) is 0. The molecule has 0 bridgehead atoms. The Morgan fingerprint density at radius 3 is 2.48 bits per heavy atom. The summed E-state index contributed by atoms with van der Waals surface area (Å²) in [6, 6.07) is 13.4. The Hall–Kier alpha value is -1.80. The van der Waals surface area contributed by atoms with Crippen LogP contribution < -0.4 is 10.5 Å². The number of hydrogen-bond donors (Lipinski definition) is 2. The monoisotopic (exact) mass is 335 g/mol. The first-order chi connectivity index (χ1) is 11.0. The van der Waals surface area contributed by atoms with Crippen molar-refractivity contribution < 1.29 is 12.8 Å². The molecule has 7 heteroatoms. The summed E-state index contributed by atoms with van der Waals surface area (Å²) in [6.45, 7) is 1.40. The minimum atomic E-state index is -3.76. The molecular formula is C16H18FN3O2S. The summed E-state index contributed by atoms with van der Waals surface area (Å²) in [5.41, 5.74) is 2.09. The lowest BCUT2D eigenvalue weighted by Crippen LogP contribution is -2.50. The van der Waals surface area contributed by atoms with Crippen LogP contribution in [0.2, 0.25) is 0 Å². The molecule has 3 rings (SSSR count). The smallest absolute Gasteiger partial charge is 0.277 e. The lowest BCUT2D eigenvalue weighted by Gasteiger charge is -2.34. The second-order valence-corrected chi connectivity index (χ2v) is 6.98. The van der Waals surface area contributed by atoms with E-state index in [2.05, 4.69) is 5.32 Å². The van der Waals surface area contributed by atoms with Crippen LogP contribution in [0.15, 0.2) is 48.5 Å². The lowest BCUT2D eigenvalue weighted by atomic mass is 9.99. The van der Waals surface area contributed by atoms with Gasteiger partial charge in [0.2, 0.25) is 0 Å². The molecule has 1 aliphatic heterocycles. The standard InChI is InChI=1S/C16H18FN3O2S/c17-15-4-2-1-3-14(15)12-5-7-13(8-6-12)16-11-19-9-10-20(16)23(18,21)22/h1-8,16,19H,9-11H2,(H2,18,21,22). The Morgan fingerprint density at radius 1 is 1.13 bits per heavy atom. The first kappa shape index (κ1) is 16.1. The van der Waals surface area contributed by atoms with Crippen molar-refractivity contribution in [3.05, 3.63) is 59.9 Å². The minimum Gasteiger partial charge on any atom is -0.313 e. The summed E-state index contributed by atoms with van der Waals surface area (Å²) in [5.74, 6) is -0.286. The zero-order chi connectivity index (χ0) is 16.4. The van der Waals surface area contributed by atoms with Gasteiger partial charge < -0.3 is 5.32 Å². The summed E-state index contributed by atoms with van der Waals surface area (Å²) in [5, 5.41) is 8.47. The third-order valence-electron chi connectivity index (χ3n) is 4.00. The molecule has 1 atom stereocenters. The van der Waals surface area contributed by atoms with Crippen LogP contribution in [0.4, 0.5) is 4.39 Å². The molecule has 1 unspecified atom stereocenters. The molecule has 1 saturated heterocycles. The van der Waals surface area contributed by atoms with Gasteiger partial charge >= 0.3 is 0 Å². The molecule has 2 aromatic rings. The average molecular weight is 335 g/mol. The average Bonchev–Trinajstić information content (AvgIpc) is 2.55. The van der Waals surface area contributed by atoms with Crippen molar-refractivity contribution in [2.24, 2.45) is 5.14 Å². The fraction of sp³-hybridized carbons (Fsp3) is 0.250. The molecule has 0 aliphatic carbocycles. The number of rotatable bonds is 3. The summed E-state index contributed by atoms with van der Waals surface area (Å²) in [4.78, 5) is 0. The molecule has 0 aromatic heterocycles. The van der Waals surface area contributed by atoms with Crippen molar-refractivity contribution in [1.82, 2.24) is 9.62 Å². The van der Waals surface area contributed by atoms with E-state index in [4.69, 9.17) is 5.14 Å². The van der Waals surface area contributed by atoms with Gasteiger partial charge in [-0.25, -0.2) is 9.53 Å². The first-order valence-electron chi connectivity index (χ1n) is 7.32. The Bertz CT molecular complexity index is 793. The number of benzene rings is 2. The highest BCUT2D eigenvalue weighted by molar-refractivity contribution is 7.86. The molecule has 1 fully saturated rings. The summed E-state index contributed by atoms with van der Waals surface area (Å²) < 4.78 is 38.6. The van der Waals surface area contributed by atoms with Gasteiger partial charge in [0.15, 0.2) is 0 Å². The van der Waals surface area contributed by atoms with E-state index in [9.17, 15) is 12.8 Å². The van der Waals surface area contributed by atoms with E-state index in [0.29, 0.717) is 25.2 Å². The highest BCUT2D eigenvalue weighted by Gasteiger charge is 2.30. The fourth-order valence-corrected chi connectivity index (χ4v) is 3.75. The van der Waals surface area contributed by atoms with Crippen molar-refractivity contribution in [3.8, 4) is 11.1 Å². The zero-order valence-corrected chi connectivity index (χ0v) is 13.3. The van der Waals surface area contributed by atoms with Crippen LogP contribution >= 0.6 is 0 Å². The third-order valence-corrected chi connectivity index (χ3v) is 5.09. The second-order valence-electron chi connectivity index (χ2n) is 5.48. The fourth-order valence-electron chi connectivity index (χ4n) is 2.85. The van der Waals surface area contributed by atoms with Gasteiger partial charge in [0, 0.05) is 25.2 Å². The zero-order valence-electron chi connectivity index (χ0n) is 12.4. The van der Waals surface area contributed by atoms with Crippen molar-refractivity contribution in [2.75, 3.05) is 19.6 Å². The van der Waals surface area contributed by atoms with Gasteiger partial charge in [-0.05, 0) is 17.2 Å². The Labute approximate surface area is 135 Å². The van der Waals surface area contributed by atoms with E-state index >= 15 is 0 Å². The maximum Gasteiger partial charge on any atom is 0.277 e. The Kier molecular flexibility index (Phi) is 4.45. The maximum atomic E-state index is 13.8. The van der Waals surface area contributed by atoms with E-state index in [-0.39, 0.29) is 11.9 Å². The molecular weight excluding hydrogens is 317 g/mol. The molecule has 122 valence electrons. The van der Waals surface area contributed by atoms with Crippen LogP contribution in [0, 0.1) is 5.82 Å². The predicted octanol–water partition coefficient (Wildman–Crippen LogP) is 1.64. The van der Waals surface area contributed by atoms with Crippen molar-refractivity contribution in [1.29, 1.82) is 0 Å². The van der Waals surface area contributed by atoms with E-state index in [1.54, 1.807) is 30.3 Å². The molecule has 1 heterocycles. The molecule has 3 N–H and O–H groups in total. The topological polar surface area (TPSA) is 75.4 Å². The maximum absolute atomic E-state index is 13.8. The summed E-state index contributed by atoms with van der Waals surface area (Å²) >= 11 is 0. The van der Waals surface area contributed by atoms with Gasteiger partial charge in [0.25, 0.3) is 10.2 Å². The van der Waals surface area contributed by atoms with Crippen molar-refractivity contribution in [3.63, 3.8) is 0 Å². The number of hydrogen-bond acceptors (Lipinski definition) is 3. The van der Waals surface area contributed by atoms with Crippen LogP contribution in [0.1, 0.15) is 11.6 Å². The third kappa shape index (κ3) is 3.42. The van der Waals surface area contributed by atoms with Crippen molar-refractivity contribution >= 4 is 10.2 Å². The highest BCUT2D eigenvalue weighted by atomic mass is 32.2. The molecule has 0 amide bonds. The molecule has 1 aliphatic rings. The SMILES string of the molecule is NS(=O)(=O)N1CCNCC1c1ccc(-c2ccccc2F)cc1. The van der Waals surface area contributed by atoms with Crippen LogP contribution in [-0.4, -0.2) is 32.4 Å². The van der Waals surface area contributed by atoms with Crippen LogP contribution in [0.3, 0.4) is 0 Å². The van der Waals surface area contributed by atoms with Gasteiger partial charge in [-0.2, -0.15) is 12.7 Å². The van der Waals surface area contributed by atoms with Crippen molar-refractivity contribution in [2.45, 2.75) is 6.04 Å². The Balaban J connectivity index is 1.91. The highest BCUT2D eigenvalue weighted by Crippen LogP contribution is 2.28. The van der Waals surface area contributed by atoms with Crippen LogP contribution in [-0.2, 0) is 10.2 Å². The predicted molar refractivity (Wildman–Crippen MR) is 87.3 cm³/mol. The quantitative estimate of drug-likeness (QED) is 0.895. The van der Waals surface area contributed by atoms with Crippen LogP contribution in [0.5, 0.6) is 0 Å². The largest absolute Gasteiger partial charge is 0.313 e. The molecule has 0 saturated carbocycles. The van der Waals surface area contributed by atoms with E-state index < -0.39 is 10.2 Å². The van der Waals surface area contributed by atoms with E-state index in [1.807, 2.05) is 12.1 Å². The number of piperazine rings is 1. The number of halogens is 1. The summed E-state index contributed by atoms with van der Waals surface area (Å²) in [7, 11) is -3.76. The van der Waals surface area contributed by atoms with Crippen LogP contribution in [0.25, 0.3) is 11.1 Å². The molecule has 2 aromatic carbocycles. The van der Waals surface area contributed by atoms with Gasteiger partial charge in [0.05, 0.1) is 6.04 Å². The number of nitrogens with two attached hydrogens (primary N) is 1. The number of nitrogens with one attached hydrogen (secondary N) is 1. The Morgan fingerprint density at radius 2 is 1.83 bits per heavy atom. The second kappa shape index (κ2) is 6.37. The van der Waals surface area contributed by atoms with Gasteiger partial charge in [-0.3, -0.25) is 0 Å². The van der Waals surface area contributed by atoms with Gasteiger partial charge in [0.1, 0.15) is 5.82 Å². The molecule has 0 spiro atoms. The normalized spacial score (nSPS) is 19.7. The van der Waals surface area contributed by atoms with Gasteiger partial charge in [-0.1, -0.05) is 42.5 Å². The molecule has 0 radical (unpaired) electrons. The van der Waals surface area contributed by atoms with E-state index in [1.165, 1.54) is 10.4 Å².